The molecule has 17 heavy (non-hydrogen) atoms. The zero-order valence-corrected chi connectivity index (χ0v) is 12.2. The predicted molar refractivity (Wildman–Crippen MR) is 72.7 cm³/mol. The molecule has 0 fully saturated rings. The summed E-state index contributed by atoms with van der Waals surface area (Å²) < 4.78 is 1.75. The maximum atomic E-state index is 12.3. The summed E-state index contributed by atoms with van der Waals surface area (Å²) in [5.74, 6) is 0.500. The first-order valence-electron chi connectivity index (χ1n) is 6.48. The number of H-pyrrole nitrogens is 1. The molecule has 0 aliphatic rings. The van der Waals surface area contributed by atoms with E-state index in [1.54, 1.807) is 4.68 Å². The minimum atomic E-state index is -0.0104. The number of nitrogens with one attached hydrogen (secondary N) is 1. The molecule has 1 aromatic heterocycles. The van der Waals surface area contributed by atoms with E-state index in [0.29, 0.717) is 5.92 Å². The highest BCUT2D eigenvalue weighted by molar-refractivity contribution is 5.25. The quantitative estimate of drug-likeness (QED) is 0.862. The average Bonchev–Trinajstić information content (AvgIpc) is 2.42. The molecule has 0 atom stereocenters. The van der Waals surface area contributed by atoms with Crippen molar-refractivity contribution in [1.29, 1.82) is 0 Å². The largest absolute Gasteiger partial charge is 0.299 e. The van der Waals surface area contributed by atoms with Crippen molar-refractivity contribution in [3.05, 3.63) is 21.6 Å². The van der Waals surface area contributed by atoms with Crippen LogP contribution < -0.4 is 5.56 Å². The molecule has 3 heteroatoms. The molecule has 1 N–H and O–H groups in total. The Morgan fingerprint density at radius 2 is 1.71 bits per heavy atom. The lowest BCUT2D eigenvalue weighted by molar-refractivity contribution is 0.486. The minimum absolute atomic E-state index is 0.0104. The summed E-state index contributed by atoms with van der Waals surface area (Å²) in [5, 5.41) is 3.30. The van der Waals surface area contributed by atoms with Gasteiger partial charge in [-0.2, -0.15) is 0 Å². The van der Waals surface area contributed by atoms with Crippen LogP contribution in [-0.4, -0.2) is 9.78 Å². The molecule has 0 unspecified atom stereocenters. The topological polar surface area (TPSA) is 37.8 Å². The van der Waals surface area contributed by atoms with Crippen molar-refractivity contribution in [2.45, 2.75) is 66.3 Å². The molecular formula is C14H26N2O. The Balaban J connectivity index is 3.38. The van der Waals surface area contributed by atoms with Crippen molar-refractivity contribution >= 4 is 0 Å². The predicted octanol–water partition coefficient (Wildman–Crippen LogP) is 3.25. The van der Waals surface area contributed by atoms with Gasteiger partial charge >= 0.3 is 0 Å². The second kappa shape index (κ2) is 4.71. The van der Waals surface area contributed by atoms with Gasteiger partial charge in [0, 0.05) is 22.7 Å². The van der Waals surface area contributed by atoms with Crippen LogP contribution in [0.3, 0.4) is 0 Å². The zero-order valence-electron chi connectivity index (χ0n) is 12.2. The number of rotatable bonds is 3. The molecule has 1 rings (SSSR count). The Morgan fingerprint density at radius 1 is 1.18 bits per heavy atom. The molecule has 1 aromatic rings. The summed E-state index contributed by atoms with van der Waals surface area (Å²) >= 11 is 0. The van der Waals surface area contributed by atoms with E-state index in [9.17, 15) is 4.79 Å². The van der Waals surface area contributed by atoms with Crippen LogP contribution in [0.25, 0.3) is 0 Å². The van der Waals surface area contributed by atoms with Crippen LogP contribution >= 0.6 is 0 Å². The fourth-order valence-electron chi connectivity index (χ4n) is 2.07. The second-order valence-corrected chi connectivity index (χ2v) is 6.58. The van der Waals surface area contributed by atoms with Gasteiger partial charge in [-0.05, 0) is 26.2 Å². The van der Waals surface area contributed by atoms with Crippen LogP contribution in [0.4, 0.5) is 0 Å². The summed E-state index contributed by atoms with van der Waals surface area (Å²) in [6.45, 7) is 14.8. The van der Waals surface area contributed by atoms with Gasteiger partial charge in [0.2, 0.25) is 0 Å². The highest BCUT2D eigenvalue weighted by atomic mass is 16.1. The lowest BCUT2D eigenvalue weighted by Gasteiger charge is -2.19. The number of nitrogens with zero attached hydrogens (tertiary/aromatic N) is 1. The molecule has 0 aromatic carbocycles. The highest BCUT2D eigenvalue weighted by Crippen LogP contribution is 2.24. The fraction of sp³-hybridized carbons (Fsp3) is 0.786. The Morgan fingerprint density at radius 3 is 2.06 bits per heavy atom. The van der Waals surface area contributed by atoms with E-state index in [-0.39, 0.29) is 17.0 Å². The Kier molecular flexibility index (Phi) is 3.90. The van der Waals surface area contributed by atoms with E-state index in [1.165, 1.54) is 0 Å². The van der Waals surface area contributed by atoms with Crippen molar-refractivity contribution in [2.24, 2.45) is 5.92 Å². The Bertz CT molecular complexity index is 430. The van der Waals surface area contributed by atoms with E-state index in [1.807, 2.05) is 13.8 Å². The van der Waals surface area contributed by atoms with E-state index in [4.69, 9.17) is 0 Å². The molecule has 0 saturated heterocycles. The first-order chi connectivity index (χ1) is 7.64. The maximum Gasteiger partial charge on any atom is 0.270 e. The molecular weight excluding hydrogens is 212 g/mol. The first-order valence-corrected chi connectivity index (χ1v) is 6.48. The summed E-state index contributed by atoms with van der Waals surface area (Å²) in [4.78, 5) is 12.3. The molecule has 0 aliphatic heterocycles. The molecule has 0 bridgehead atoms. The second-order valence-electron chi connectivity index (χ2n) is 6.58. The number of aromatic nitrogens is 2. The molecule has 1 heterocycles. The minimum Gasteiger partial charge on any atom is -0.299 e. The fourth-order valence-corrected chi connectivity index (χ4v) is 2.07. The monoisotopic (exact) mass is 238 g/mol. The molecule has 98 valence electrons. The normalized spacial score (nSPS) is 12.8. The molecule has 0 spiro atoms. The average molecular weight is 238 g/mol. The van der Waals surface area contributed by atoms with Gasteiger partial charge in [-0.3, -0.25) is 14.6 Å². The zero-order chi connectivity index (χ0) is 13.4. The summed E-state index contributed by atoms with van der Waals surface area (Å²) in [7, 11) is 0. The first kappa shape index (κ1) is 14.1. The number of hydrogen-bond donors (Lipinski definition) is 1. The van der Waals surface area contributed by atoms with Gasteiger partial charge in [0.05, 0.1) is 0 Å². The van der Waals surface area contributed by atoms with Gasteiger partial charge in [0.15, 0.2) is 0 Å². The lowest BCUT2D eigenvalue weighted by atomic mass is 9.87. The van der Waals surface area contributed by atoms with Gasteiger partial charge in [0.25, 0.3) is 5.56 Å². The molecule has 0 amide bonds. The maximum absolute atomic E-state index is 12.3. The number of hydrogen-bond acceptors (Lipinski definition) is 1. The van der Waals surface area contributed by atoms with E-state index in [0.717, 1.165) is 17.7 Å². The Labute approximate surface area is 104 Å². The van der Waals surface area contributed by atoms with Crippen molar-refractivity contribution in [3.8, 4) is 0 Å². The summed E-state index contributed by atoms with van der Waals surface area (Å²) in [6.07, 6.45) is 0.849. The van der Waals surface area contributed by atoms with Gasteiger partial charge in [0.1, 0.15) is 0 Å². The third kappa shape index (κ3) is 3.02. The lowest BCUT2D eigenvalue weighted by Crippen LogP contribution is -2.22. The van der Waals surface area contributed by atoms with Crippen LogP contribution in [-0.2, 0) is 11.8 Å². The molecule has 0 saturated carbocycles. The standard InChI is InChI=1S/C14H26N2O/c1-9(2)8-11-12(14(5,6)7)15-16(10(3)4)13(11)17/h9-10,15H,8H2,1-7H3. The SMILES string of the molecule is CC(C)Cc1c(C(C)(C)C)[nH]n(C(C)C)c1=O. The van der Waals surface area contributed by atoms with Crippen LogP contribution in [0, 0.1) is 5.92 Å². The molecule has 0 radical (unpaired) electrons. The van der Waals surface area contributed by atoms with Crippen molar-refractivity contribution < 1.29 is 0 Å². The summed E-state index contributed by atoms with van der Waals surface area (Å²) in [5.41, 5.74) is 2.19. The van der Waals surface area contributed by atoms with Gasteiger partial charge < -0.3 is 0 Å². The third-order valence-corrected chi connectivity index (χ3v) is 2.89. The third-order valence-electron chi connectivity index (χ3n) is 2.89. The van der Waals surface area contributed by atoms with Gasteiger partial charge in [-0.1, -0.05) is 34.6 Å². The Hall–Kier alpha value is -0.990. The van der Waals surface area contributed by atoms with E-state index in [2.05, 4.69) is 39.7 Å². The van der Waals surface area contributed by atoms with Crippen LogP contribution in [0.15, 0.2) is 4.79 Å². The van der Waals surface area contributed by atoms with E-state index >= 15 is 0 Å². The van der Waals surface area contributed by atoms with Crippen LogP contribution in [0.2, 0.25) is 0 Å². The molecule has 3 nitrogen and oxygen atoms in total. The van der Waals surface area contributed by atoms with E-state index < -0.39 is 0 Å². The van der Waals surface area contributed by atoms with Crippen molar-refractivity contribution in [1.82, 2.24) is 9.78 Å². The van der Waals surface area contributed by atoms with Gasteiger partial charge in [-0.15, -0.1) is 0 Å². The van der Waals surface area contributed by atoms with Gasteiger partial charge in [-0.25, -0.2) is 0 Å². The van der Waals surface area contributed by atoms with Crippen molar-refractivity contribution in [2.75, 3.05) is 0 Å². The van der Waals surface area contributed by atoms with Crippen LogP contribution in [0.5, 0.6) is 0 Å². The summed E-state index contributed by atoms with van der Waals surface area (Å²) in [6, 6.07) is 0.185. The van der Waals surface area contributed by atoms with Crippen LogP contribution in [0.1, 0.15) is 65.8 Å². The molecule has 0 aliphatic carbocycles. The highest BCUT2D eigenvalue weighted by Gasteiger charge is 2.25. The van der Waals surface area contributed by atoms with Crippen molar-refractivity contribution in [3.63, 3.8) is 0 Å². The smallest absolute Gasteiger partial charge is 0.270 e. The number of aromatic amines is 1.